The Morgan fingerprint density at radius 2 is 2.24 bits per heavy atom. The van der Waals surface area contributed by atoms with Gasteiger partial charge in [-0.2, -0.15) is 0 Å². The Hall–Kier alpha value is -1.23. The molecule has 5 nitrogen and oxygen atoms in total. The number of hydrogen-bond acceptors (Lipinski definition) is 3. The van der Waals surface area contributed by atoms with Crippen LogP contribution in [0.15, 0.2) is 12.3 Å². The van der Waals surface area contributed by atoms with Crippen LogP contribution in [0.25, 0.3) is 0 Å². The second-order valence-electron chi connectivity index (χ2n) is 4.44. The fraction of sp³-hybridized carbons (Fsp3) is 0.750. The predicted octanol–water partition coefficient (Wildman–Crippen LogP) is 1.83. The summed E-state index contributed by atoms with van der Waals surface area (Å²) >= 11 is 0. The first-order valence-corrected chi connectivity index (χ1v) is 6.21. The smallest absolute Gasteiger partial charge is 0.318 e. The van der Waals surface area contributed by atoms with Gasteiger partial charge in [-0.15, -0.1) is 5.48 Å². The quantitative estimate of drug-likeness (QED) is 0.309. The van der Waals surface area contributed by atoms with Gasteiger partial charge >= 0.3 is 6.03 Å². The van der Waals surface area contributed by atoms with Gasteiger partial charge in [0, 0.05) is 13.1 Å². The second-order valence-corrected chi connectivity index (χ2v) is 4.44. The molecule has 0 spiro atoms. The molecular weight excluding hydrogens is 218 g/mol. The highest BCUT2D eigenvalue weighted by atomic mass is 16.6. The SMILES string of the molecule is C=C(C)ONCNC(=O)N(CC)CC1CCC1. The van der Waals surface area contributed by atoms with Gasteiger partial charge in [-0.3, -0.25) is 0 Å². The van der Waals surface area contributed by atoms with E-state index in [1.165, 1.54) is 19.3 Å². The minimum atomic E-state index is -0.0442. The van der Waals surface area contributed by atoms with E-state index in [0.29, 0.717) is 11.7 Å². The van der Waals surface area contributed by atoms with Crippen LogP contribution in [0, 0.1) is 5.92 Å². The van der Waals surface area contributed by atoms with Gasteiger partial charge in [-0.05, 0) is 32.6 Å². The number of hydroxylamine groups is 1. The number of rotatable bonds is 7. The van der Waals surface area contributed by atoms with E-state index in [1.54, 1.807) is 6.92 Å². The minimum Gasteiger partial charge on any atom is -0.412 e. The molecule has 1 saturated carbocycles. The van der Waals surface area contributed by atoms with Crippen LogP contribution < -0.4 is 10.8 Å². The van der Waals surface area contributed by atoms with Crippen LogP contribution in [0.1, 0.15) is 33.1 Å². The molecule has 0 saturated heterocycles. The van der Waals surface area contributed by atoms with Crippen LogP contribution in [-0.2, 0) is 4.84 Å². The molecule has 2 amide bonds. The first-order chi connectivity index (χ1) is 8.13. The van der Waals surface area contributed by atoms with E-state index in [0.717, 1.165) is 13.1 Å². The monoisotopic (exact) mass is 241 g/mol. The molecule has 0 aromatic rings. The average Bonchev–Trinajstić information content (AvgIpc) is 2.22. The first kappa shape index (κ1) is 13.8. The number of urea groups is 1. The van der Waals surface area contributed by atoms with E-state index in [9.17, 15) is 4.79 Å². The van der Waals surface area contributed by atoms with Crippen LogP contribution >= 0.6 is 0 Å². The molecule has 0 atom stereocenters. The topological polar surface area (TPSA) is 53.6 Å². The van der Waals surface area contributed by atoms with Crippen LogP contribution in [0.4, 0.5) is 4.79 Å². The molecule has 1 aliphatic carbocycles. The van der Waals surface area contributed by atoms with Crippen molar-refractivity contribution in [3.8, 4) is 0 Å². The molecule has 0 heterocycles. The summed E-state index contributed by atoms with van der Waals surface area (Å²) in [4.78, 5) is 18.6. The lowest BCUT2D eigenvalue weighted by Gasteiger charge is -2.31. The van der Waals surface area contributed by atoms with Gasteiger partial charge in [0.2, 0.25) is 0 Å². The number of nitrogens with one attached hydrogen (secondary N) is 2. The number of carbonyl (C=O) groups excluding carboxylic acids is 1. The summed E-state index contributed by atoms with van der Waals surface area (Å²) in [5, 5.41) is 2.75. The summed E-state index contributed by atoms with van der Waals surface area (Å²) in [7, 11) is 0. The largest absolute Gasteiger partial charge is 0.412 e. The normalized spacial score (nSPS) is 14.9. The third-order valence-electron chi connectivity index (χ3n) is 2.93. The van der Waals surface area contributed by atoms with Gasteiger partial charge in [-0.1, -0.05) is 13.0 Å². The van der Waals surface area contributed by atoms with E-state index < -0.39 is 0 Å². The summed E-state index contributed by atoms with van der Waals surface area (Å²) in [5.74, 6) is 1.27. The minimum absolute atomic E-state index is 0.0442. The zero-order chi connectivity index (χ0) is 12.7. The summed E-state index contributed by atoms with van der Waals surface area (Å²) in [6, 6.07) is -0.0442. The summed E-state index contributed by atoms with van der Waals surface area (Å²) in [6.45, 7) is 9.20. The molecule has 0 radical (unpaired) electrons. The maximum atomic E-state index is 11.8. The maximum absolute atomic E-state index is 11.8. The van der Waals surface area contributed by atoms with Crippen LogP contribution in [0.2, 0.25) is 0 Å². The van der Waals surface area contributed by atoms with Crippen molar-refractivity contribution < 1.29 is 9.63 Å². The highest BCUT2D eigenvalue weighted by molar-refractivity contribution is 5.74. The molecule has 1 aliphatic rings. The van der Waals surface area contributed by atoms with Crippen molar-refractivity contribution in [3.05, 3.63) is 12.3 Å². The zero-order valence-corrected chi connectivity index (χ0v) is 10.8. The molecule has 0 unspecified atom stereocenters. The van der Waals surface area contributed by atoms with Crippen LogP contribution in [0.5, 0.6) is 0 Å². The molecular formula is C12H23N3O2. The second kappa shape index (κ2) is 7.17. The van der Waals surface area contributed by atoms with Crippen molar-refractivity contribution in [2.45, 2.75) is 33.1 Å². The standard InChI is InChI=1S/C12H23N3O2/c1-4-15(8-11-6-5-7-11)12(16)13-9-14-17-10(2)3/h11,14H,2,4-9H2,1,3H3,(H,13,16). The van der Waals surface area contributed by atoms with Crippen molar-refractivity contribution in [3.63, 3.8) is 0 Å². The van der Waals surface area contributed by atoms with Gasteiger partial charge in [-0.25, -0.2) is 4.79 Å². The molecule has 1 rings (SSSR count). The van der Waals surface area contributed by atoms with Gasteiger partial charge in [0.05, 0.1) is 0 Å². The van der Waals surface area contributed by atoms with Gasteiger partial charge in [0.1, 0.15) is 12.4 Å². The Morgan fingerprint density at radius 1 is 1.53 bits per heavy atom. The molecule has 0 bridgehead atoms. The molecule has 0 aromatic heterocycles. The summed E-state index contributed by atoms with van der Waals surface area (Å²) in [6.07, 6.45) is 3.81. The third-order valence-corrected chi connectivity index (χ3v) is 2.93. The van der Waals surface area contributed by atoms with Gasteiger partial charge in [0.15, 0.2) is 0 Å². The molecule has 5 heteroatoms. The van der Waals surface area contributed by atoms with Gasteiger partial charge in [0.25, 0.3) is 0 Å². The van der Waals surface area contributed by atoms with Crippen molar-refractivity contribution in [1.82, 2.24) is 15.7 Å². The van der Waals surface area contributed by atoms with E-state index >= 15 is 0 Å². The molecule has 0 aliphatic heterocycles. The first-order valence-electron chi connectivity index (χ1n) is 6.21. The Balaban J connectivity index is 2.16. The van der Waals surface area contributed by atoms with Crippen molar-refractivity contribution >= 4 is 6.03 Å². The highest BCUT2D eigenvalue weighted by Crippen LogP contribution is 2.26. The van der Waals surface area contributed by atoms with Crippen LogP contribution in [0.3, 0.4) is 0 Å². The molecule has 17 heavy (non-hydrogen) atoms. The lowest BCUT2D eigenvalue weighted by Crippen LogP contribution is -2.46. The fourth-order valence-corrected chi connectivity index (χ4v) is 1.73. The maximum Gasteiger partial charge on any atom is 0.318 e. The Bertz CT molecular complexity index is 264. The number of carbonyl (C=O) groups is 1. The average molecular weight is 241 g/mol. The van der Waals surface area contributed by atoms with Crippen molar-refractivity contribution in [2.75, 3.05) is 19.8 Å². The fourth-order valence-electron chi connectivity index (χ4n) is 1.73. The Kier molecular flexibility index (Phi) is 5.83. The summed E-state index contributed by atoms with van der Waals surface area (Å²) < 4.78 is 0. The van der Waals surface area contributed by atoms with E-state index in [2.05, 4.69) is 17.4 Å². The number of hydrogen-bond donors (Lipinski definition) is 2. The summed E-state index contributed by atoms with van der Waals surface area (Å²) in [5.41, 5.74) is 2.62. The van der Waals surface area contributed by atoms with Gasteiger partial charge < -0.3 is 15.1 Å². The Morgan fingerprint density at radius 3 is 2.71 bits per heavy atom. The highest BCUT2D eigenvalue weighted by Gasteiger charge is 2.22. The Labute approximate surface area is 103 Å². The van der Waals surface area contributed by atoms with E-state index in [1.807, 2.05) is 11.8 Å². The zero-order valence-electron chi connectivity index (χ0n) is 10.8. The predicted molar refractivity (Wildman–Crippen MR) is 67.0 cm³/mol. The molecule has 2 N–H and O–H groups in total. The molecule has 98 valence electrons. The number of nitrogens with zero attached hydrogens (tertiary/aromatic N) is 1. The molecule has 0 aromatic carbocycles. The third kappa shape index (κ3) is 5.08. The van der Waals surface area contributed by atoms with E-state index in [4.69, 9.17) is 4.84 Å². The van der Waals surface area contributed by atoms with Crippen molar-refractivity contribution in [2.24, 2.45) is 5.92 Å². The number of allylic oxidation sites excluding steroid dienone is 1. The van der Waals surface area contributed by atoms with E-state index in [-0.39, 0.29) is 12.7 Å². The lowest BCUT2D eigenvalue weighted by atomic mass is 9.85. The van der Waals surface area contributed by atoms with Crippen LogP contribution in [-0.4, -0.2) is 30.7 Å². The number of amides is 2. The van der Waals surface area contributed by atoms with Crippen molar-refractivity contribution in [1.29, 1.82) is 0 Å². The molecule has 1 fully saturated rings. The lowest BCUT2D eigenvalue weighted by molar-refractivity contribution is 0.0991.